The molecule has 7 nitrogen and oxygen atoms in total. The van der Waals surface area contributed by atoms with Gasteiger partial charge in [0.1, 0.15) is 16.9 Å². The first kappa shape index (κ1) is 40.1. The molecule has 0 radical (unpaired) electrons. The molecule has 2 aliphatic carbocycles. The first-order valence-corrected chi connectivity index (χ1v) is 23.4. The van der Waals surface area contributed by atoms with Gasteiger partial charge in [0.2, 0.25) is 11.7 Å². The Morgan fingerprint density at radius 3 is 2.23 bits per heavy atom. The molecule has 5 heterocycles. The largest absolute Gasteiger partial charge is 0.455 e. The van der Waals surface area contributed by atoms with Gasteiger partial charge in [0.05, 0.1) is 27.9 Å². The molecule has 0 aliphatic heterocycles. The van der Waals surface area contributed by atoms with Gasteiger partial charge in [-0.05, 0) is 154 Å². The monoisotopic (exact) mass is 855 g/mol. The number of rotatable bonds is 5. The van der Waals surface area contributed by atoms with E-state index in [1.807, 2.05) is 12.1 Å². The summed E-state index contributed by atoms with van der Waals surface area (Å²) in [5, 5.41) is 4.35. The molecule has 12 rings (SSSR count). The summed E-state index contributed by atoms with van der Waals surface area (Å²) >= 11 is 0. The van der Waals surface area contributed by atoms with Crippen molar-refractivity contribution in [3.8, 4) is 28.6 Å². The number of para-hydroxylation sites is 2. The van der Waals surface area contributed by atoms with Crippen LogP contribution >= 0.6 is 0 Å². The minimum Gasteiger partial charge on any atom is -0.455 e. The smallest absolute Gasteiger partial charge is 0.221 e. The van der Waals surface area contributed by atoms with Crippen molar-refractivity contribution in [1.29, 1.82) is 0 Å². The molecule has 1 fully saturated rings. The summed E-state index contributed by atoms with van der Waals surface area (Å²) in [6, 6.07) is 38.3. The Morgan fingerprint density at radius 1 is 0.677 bits per heavy atom. The van der Waals surface area contributed by atoms with Crippen LogP contribution in [0.5, 0.6) is 11.6 Å². The third-order valence-electron chi connectivity index (χ3n) is 15.6. The standard InChI is InChI=1S/C58H57N5O2/c1-33-19-21-37(25-34(33)2)62-53-47(63-46-18-14-13-17-44(46)60-54(62)63)22-24-49(61-53)64-38-26-40(51-41(27-38)50-39-16-12-11-15-35(39)20-23-48(50)65-51)45-28-42-43(31-59-45)58(9,10)52(57(42,7)8)36-29-55(3,4)32-56(5,6)30-36/h11-28,31,36,52H,29-30,32H2,1-10H3. The van der Waals surface area contributed by atoms with Crippen LogP contribution < -0.4 is 4.74 Å². The number of aryl methyl sites for hydroxylation is 2. The molecular weight excluding hydrogens is 799 g/mol. The van der Waals surface area contributed by atoms with Crippen LogP contribution in [0.2, 0.25) is 0 Å². The maximum absolute atomic E-state index is 6.96. The number of ether oxygens (including phenoxy) is 1. The van der Waals surface area contributed by atoms with Crippen molar-refractivity contribution in [2.45, 2.75) is 99.3 Å². The second-order valence-corrected chi connectivity index (χ2v) is 22.3. The number of fused-ring (bicyclic) bond motifs is 11. The summed E-state index contributed by atoms with van der Waals surface area (Å²) in [6.07, 6.45) is 5.93. The first-order chi connectivity index (χ1) is 31.0. The molecule has 7 heteroatoms. The maximum atomic E-state index is 6.96. The summed E-state index contributed by atoms with van der Waals surface area (Å²) < 4.78 is 18.2. The molecule has 5 aromatic carbocycles. The highest BCUT2D eigenvalue weighted by Gasteiger charge is 2.56. The Balaban J connectivity index is 1.03. The molecular formula is C58H57N5O2. The lowest BCUT2D eigenvalue weighted by atomic mass is 9.53. The van der Waals surface area contributed by atoms with Crippen molar-refractivity contribution >= 4 is 60.7 Å². The molecule has 0 amide bonds. The van der Waals surface area contributed by atoms with Crippen LogP contribution in [0, 0.1) is 36.5 Å². The Labute approximate surface area is 380 Å². The molecule has 1 saturated carbocycles. The Kier molecular flexibility index (Phi) is 8.35. The highest BCUT2D eigenvalue weighted by Crippen LogP contribution is 2.62. The molecule has 1 unspecified atom stereocenters. The van der Waals surface area contributed by atoms with Gasteiger partial charge in [-0.2, -0.15) is 4.98 Å². The minimum atomic E-state index is -0.0721. The predicted molar refractivity (Wildman–Crippen MR) is 266 cm³/mol. The van der Waals surface area contributed by atoms with Crippen LogP contribution in [0.3, 0.4) is 0 Å². The van der Waals surface area contributed by atoms with Crippen molar-refractivity contribution < 1.29 is 9.15 Å². The second-order valence-electron chi connectivity index (χ2n) is 22.3. The highest BCUT2D eigenvalue weighted by molar-refractivity contribution is 6.21. The van der Waals surface area contributed by atoms with E-state index >= 15 is 0 Å². The van der Waals surface area contributed by atoms with Crippen molar-refractivity contribution in [2.24, 2.45) is 22.7 Å². The van der Waals surface area contributed by atoms with E-state index in [4.69, 9.17) is 24.1 Å². The number of pyridine rings is 2. The predicted octanol–water partition coefficient (Wildman–Crippen LogP) is 15.4. The third-order valence-corrected chi connectivity index (χ3v) is 15.6. The van der Waals surface area contributed by atoms with Gasteiger partial charge < -0.3 is 9.15 Å². The van der Waals surface area contributed by atoms with Gasteiger partial charge in [0.15, 0.2) is 5.65 Å². The average molecular weight is 856 g/mol. The number of hydrogen-bond acceptors (Lipinski definition) is 5. The number of hydrogen-bond donors (Lipinski definition) is 0. The molecule has 0 bridgehead atoms. The minimum absolute atomic E-state index is 0.0375. The molecule has 65 heavy (non-hydrogen) atoms. The van der Waals surface area contributed by atoms with Crippen LogP contribution in [0.15, 0.2) is 120 Å². The summed E-state index contributed by atoms with van der Waals surface area (Å²) in [6.45, 7) is 24.1. The molecule has 0 saturated heterocycles. The van der Waals surface area contributed by atoms with Crippen LogP contribution in [-0.2, 0) is 10.8 Å². The highest BCUT2D eigenvalue weighted by atomic mass is 16.5. The normalized spacial score (nSPS) is 19.0. The summed E-state index contributed by atoms with van der Waals surface area (Å²) in [7, 11) is 0. The van der Waals surface area contributed by atoms with E-state index in [-0.39, 0.29) is 10.8 Å². The molecule has 10 aromatic rings. The summed E-state index contributed by atoms with van der Waals surface area (Å²) in [5.41, 5.74) is 13.8. The zero-order valence-electron chi connectivity index (χ0n) is 39.3. The van der Waals surface area contributed by atoms with Gasteiger partial charge in [-0.3, -0.25) is 14.0 Å². The second kappa shape index (κ2) is 13.5. The van der Waals surface area contributed by atoms with Crippen molar-refractivity contribution in [3.05, 3.63) is 138 Å². The van der Waals surface area contributed by atoms with E-state index in [1.165, 1.54) is 41.5 Å². The van der Waals surface area contributed by atoms with Crippen LogP contribution in [-0.4, -0.2) is 23.9 Å². The van der Waals surface area contributed by atoms with Gasteiger partial charge in [-0.25, -0.2) is 4.98 Å². The zero-order valence-corrected chi connectivity index (χ0v) is 39.3. The summed E-state index contributed by atoms with van der Waals surface area (Å²) in [4.78, 5) is 15.8. The molecule has 0 N–H and O–H groups in total. The Hall–Kier alpha value is -6.47. The van der Waals surface area contributed by atoms with Crippen molar-refractivity contribution in [2.75, 3.05) is 0 Å². The number of nitrogens with zero attached hydrogens (tertiary/aromatic N) is 5. The number of imidazole rings is 2. The van der Waals surface area contributed by atoms with Gasteiger partial charge in [-0.15, -0.1) is 0 Å². The molecule has 326 valence electrons. The van der Waals surface area contributed by atoms with Crippen LogP contribution in [0.4, 0.5) is 0 Å². The van der Waals surface area contributed by atoms with E-state index in [2.05, 4.69) is 181 Å². The maximum Gasteiger partial charge on any atom is 0.221 e. The average Bonchev–Trinajstić information content (AvgIpc) is 3.95. The van der Waals surface area contributed by atoms with E-state index in [0.29, 0.717) is 34.3 Å². The van der Waals surface area contributed by atoms with Gasteiger partial charge in [0.25, 0.3) is 0 Å². The molecule has 2 aliphatic rings. The fourth-order valence-corrected chi connectivity index (χ4v) is 13.6. The lowest BCUT2D eigenvalue weighted by Crippen LogP contribution is -2.45. The third kappa shape index (κ3) is 6.03. The lowest BCUT2D eigenvalue weighted by Gasteiger charge is -2.52. The van der Waals surface area contributed by atoms with E-state index in [0.717, 1.165) is 77.6 Å². The number of furan rings is 1. The van der Waals surface area contributed by atoms with E-state index in [9.17, 15) is 0 Å². The molecule has 5 aromatic heterocycles. The SMILES string of the molecule is Cc1ccc(-n2c3nc(Oc4cc(-c5cc6c(cn5)C(C)(C)C(C5CC(C)(C)CC(C)(C)C5)C6(C)C)c5oc6ccc7ccccc7c6c5c4)ccc3n3c4ccccc4nc23)cc1C. The lowest BCUT2D eigenvalue weighted by molar-refractivity contribution is 0.00421. The Morgan fingerprint density at radius 2 is 1.43 bits per heavy atom. The van der Waals surface area contributed by atoms with E-state index < -0.39 is 0 Å². The number of aromatic nitrogens is 5. The fourth-order valence-electron chi connectivity index (χ4n) is 13.6. The van der Waals surface area contributed by atoms with E-state index in [1.54, 1.807) is 0 Å². The van der Waals surface area contributed by atoms with Crippen LogP contribution in [0.1, 0.15) is 96.9 Å². The van der Waals surface area contributed by atoms with Crippen molar-refractivity contribution in [3.63, 3.8) is 0 Å². The van der Waals surface area contributed by atoms with Crippen molar-refractivity contribution in [1.82, 2.24) is 23.9 Å². The fraction of sp³-hybridized carbons (Fsp3) is 0.328. The topological polar surface area (TPSA) is 70.4 Å². The van der Waals surface area contributed by atoms with Crippen LogP contribution in [0.25, 0.3) is 77.6 Å². The van der Waals surface area contributed by atoms with Gasteiger partial charge in [-0.1, -0.05) is 104 Å². The van der Waals surface area contributed by atoms with Gasteiger partial charge >= 0.3 is 0 Å². The first-order valence-electron chi connectivity index (χ1n) is 23.4. The Bertz CT molecular complexity index is 3600. The summed E-state index contributed by atoms with van der Waals surface area (Å²) in [5.74, 6) is 3.03. The molecule has 0 spiro atoms. The quantitative estimate of drug-likeness (QED) is 0.172. The van der Waals surface area contributed by atoms with Gasteiger partial charge in [0, 0.05) is 28.6 Å². The molecule has 1 atom stereocenters. The number of benzene rings is 5. The zero-order chi connectivity index (χ0) is 44.9.